The van der Waals surface area contributed by atoms with Crippen LogP contribution in [0.2, 0.25) is 0 Å². The number of rotatable bonds is 4. The lowest BCUT2D eigenvalue weighted by Crippen LogP contribution is -2.58. The first-order valence-corrected chi connectivity index (χ1v) is 9.95. The molecule has 1 aliphatic heterocycles. The van der Waals surface area contributed by atoms with Gasteiger partial charge in [0.15, 0.2) is 0 Å². The van der Waals surface area contributed by atoms with E-state index in [2.05, 4.69) is 9.98 Å². The molecule has 2 aromatic carbocycles. The van der Waals surface area contributed by atoms with Crippen LogP contribution in [-0.4, -0.2) is 28.5 Å². The summed E-state index contributed by atoms with van der Waals surface area (Å²) in [4.78, 5) is 33.9. The maximum atomic E-state index is 13.0. The van der Waals surface area contributed by atoms with E-state index >= 15 is 0 Å². The number of hydrogen-bond donors (Lipinski definition) is 2. The molecule has 0 amide bonds. The van der Waals surface area contributed by atoms with Gasteiger partial charge in [0.05, 0.1) is 16.2 Å². The van der Waals surface area contributed by atoms with Crippen LogP contribution < -0.4 is 21.1 Å². The van der Waals surface area contributed by atoms with Crippen LogP contribution in [0, 0.1) is 10.1 Å². The van der Waals surface area contributed by atoms with Gasteiger partial charge >= 0.3 is 5.97 Å². The fourth-order valence-corrected chi connectivity index (χ4v) is 4.11. The van der Waals surface area contributed by atoms with Gasteiger partial charge in [-0.2, -0.15) is 4.99 Å². The minimum atomic E-state index is -0.697. The van der Waals surface area contributed by atoms with Crippen molar-refractivity contribution < 1.29 is 14.5 Å². The molecule has 31 heavy (non-hydrogen) atoms. The molecule has 0 aromatic heterocycles. The number of guanidine groups is 2. The van der Waals surface area contributed by atoms with Gasteiger partial charge in [0.1, 0.15) is 11.4 Å². The minimum Gasteiger partial charge on any atom is -0.423 e. The van der Waals surface area contributed by atoms with E-state index in [0.29, 0.717) is 5.69 Å². The van der Waals surface area contributed by atoms with Crippen molar-refractivity contribution in [2.24, 2.45) is 21.5 Å². The summed E-state index contributed by atoms with van der Waals surface area (Å²) in [6, 6.07) is 12.2. The fourth-order valence-electron chi connectivity index (χ4n) is 4.11. The summed E-state index contributed by atoms with van der Waals surface area (Å²) < 4.78 is 5.47. The summed E-state index contributed by atoms with van der Waals surface area (Å²) in [5, 5.41) is 10.8. The quantitative estimate of drug-likeness (QED) is 0.333. The average molecular weight is 422 g/mol. The number of nitrogens with zero attached hydrogens (tertiary/aromatic N) is 4. The molecular weight excluding hydrogens is 400 g/mol. The lowest BCUT2D eigenvalue weighted by Gasteiger charge is -2.46. The van der Waals surface area contributed by atoms with Gasteiger partial charge in [-0.25, -0.2) is 9.79 Å². The molecule has 10 nitrogen and oxygen atoms in total. The molecule has 0 saturated heterocycles. The number of nitro groups is 1. The van der Waals surface area contributed by atoms with Gasteiger partial charge in [-0.1, -0.05) is 18.6 Å². The van der Waals surface area contributed by atoms with Crippen molar-refractivity contribution in [3.8, 4) is 5.75 Å². The minimum absolute atomic E-state index is 0.0906. The average Bonchev–Trinajstić information content (AvgIpc) is 2.74. The normalized spacial score (nSPS) is 17.6. The molecule has 1 spiro atoms. The van der Waals surface area contributed by atoms with E-state index in [0.717, 1.165) is 32.1 Å². The highest BCUT2D eigenvalue weighted by molar-refractivity contribution is 6.09. The second-order valence-electron chi connectivity index (χ2n) is 7.48. The molecular formula is C21H22N6O4. The van der Waals surface area contributed by atoms with Crippen molar-refractivity contribution in [3.63, 3.8) is 0 Å². The second kappa shape index (κ2) is 8.05. The number of anilines is 1. The molecule has 160 valence electrons. The monoisotopic (exact) mass is 422 g/mol. The van der Waals surface area contributed by atoms with Crippen LogP contribution in [0.15, 0.2) is 58.5 Å². The fraction of sp³-hybridized carbons (Fsp3) is 0.286. The van der Waals surface area contributed by atoms with Crippen LogP contribution in [-0.2, 0) is 0 Å². The topological polar surface area (TPSA) is 149 Å². The lowest BCUT2D eigenvalue weighted by atomic mass is 9.87. The first-order valence-electron chi connectivity index (χ1n) is 9.95. The Labute approximate surface area is 178 Å². The molecule has 2 aliphatic rings. The molecule has 4 N–H and O–H groups in total. The van der Waals surface area contributed by atoms with E-state index in [1.165, 1.54) is 24.3 Å². The third-order valence-electron chi connectivity index (χ3n) is 5.47. The number of para-hydroxylation sites is 1. The highest BCUT2D eigenvalue weighted by Gasteiger charge is 2.43. The first kappa shape index (κ1) is 20.3. The second-order valence-corrected chi connectivity index (χ2v) is 7.48. The number of nitrogens with two attached hydrogens (primary N) is 2. The van der Waals surface area contributed by atoms with Gasteiger partial charge in [-0.05, 0) is 49.9 Å². The van der Waals surface area contributed by atoms with E-state index in [-0.39, 0.29) is 28.9 Å². The standard InChI is InChI=1S/C21H22N6O4/c22-19-24-20(23)26(21(25-19)12-4-1-5-13-21)17-7-3-2-6-16(17)18(28)31-15-10-8-14(9-11-15)27(29)30/h2-3,6-11H,1,4-5,12-13H2,(H4,22,23,24,25). The van der Waals surface area contributed by atoms with Gasteiger partial charge in [0.25, 0.3) is 5.69 Å². The third kappa shape index (κ3) is 3.91. The number of carbonyl (C=O) groups excluding carboxylic acids is 1. The Morgan fingerprint density at radius 3 is 2.42 bits per heavy atom. The summed E-state index contributed by atoms with van der Waals surface area (Å²) in [5.41, 5.74) is 12.2. The van der Waals surface area contributed by atoms with Crippen LogP contribution in [0.25, 0.3) is 0 Å². The number of aliphatic imine (C=N–C) groups is 2. The summed E-state index contributed by atoms with van der Waals surface area (Å²) in [5.74, 6) is -0.127. The van der Waals surface area contributed by atoms with Crippen molar-refractivity contribution in [2.75, 3.05) is 4.90 Å². The van der Waals surface area contributed by atoms with E-state index in [9.17, 15) is 14.9 Å². The Morgan fingerprint density at radius 1 is 1.06 bits per heavy atom. The van der Waals surface area contributed by atoms with E-state index in [1.54, 1.807) is 29.2 Å². The summed E-state index contributed by atoms with van der Waals surface area (Å²) >= 11 is 0. The van der Waals surface area contributed by atoms with Crippen molar-refractivity contribution in [1.82, 2.24) is 0 Å². The first-order chi connectivity index (χ1) is 14.9. The van der Waals surface area contributed by atoms with Crippen LogP contribution in [0.3, 0.4) is 0 Å². The predicted molar refractivity (Wildman–Crippen MR) is 116 cm³/mol. The van der Waals surface area contributed by atoms with Crippen molar-refractivity contribution in [2.45, 2.75) is 37.8 Å². The zero-order chi connectivity index (χ0) is 22.0. The van der Waals surface area contributed by atoms with Gasteiger partial charge < -0.3 is 16.2 Å². The number of benzene rings is 2. The molecule has 1 heterocycles. The summed E-state index contributed by atoms with van der Waals surface area (Å²) in [6.45, 7) is 0. The number of carbonyl (C=O) groups is 1. The SMILES string of the molecule is NC1=NC2(CCCCC2)N(c2ccccc2C(=O)Oc2ccc([N+](=O)[O-])cc2)C(N)=N1. The molecule has 0 bridgehead atoms. The van der Waals surface area contributed by atoms with E-state index < -0.39 is 16.6 Å². The number of hydrogen-bond acceptors (Lipinski definition) is 9. The van der Waals surface area contributed by atoms with Crippen molar-refractivity contribution >= 4 is 29.3 Å². The Balaban J connectivity index is 1.68. The van der Waals surface area contributed by atoms with Gasteiger partial charge in [-0.15, -0.1) is 0 Å². The molecule has 1 fully saturated rings. The van der Waals surface area contributed by atoms with Gasteiger partial charge in [0.2, 0.25) is 11.9 Å². The van der Waals surface area contributed by atoms with E-state index in [1.807, 2.05) is 0 Å². The smallest absolute Gasteiger partial charge is 0.345 e. The molecule has 0 radical (unpaired) electrons. The Morgan fingerprint density at radius 2 is 1.74 bits per heavy atom. The maximum Gasteiger partial charge on any atom is 0.345 e. The highest BCUT2D eigenvalue weighted by Crippen LogP contribution is 2.40. The largest absolute Gasteiger partial charge is 0.423 e. The molecule has 10 heteroatoms. The molecule has 1 aliphatic carbocycles. The summed E-state index contributed by atoms with van der Waals surface area (Å²) in [6.07, 6.45) is 4.46. The van der Waals surface area contributed by atoms with Gasteiger partial charge in [-0.3, -0.25) is 15.0 Å². The third-order valence-corrected chi connectivity index (χ3v) is 5.47. The Kier molecular flexibility index (Phi) is 5.28. The Bertz CT molecular complexity index is 1070. The Hall–Kier alpha value is -3.95. The predicted octanol–water partition coefficient (Wildman–Crippen LogP) is 2.92. The van der Waals surface area contributed by atoms with Crippen molar-refractivity contribution in [3.05, 3.63) is 64.2 Å². The molecule has 2 aromatic rings. The molecule has 4 rings (SSSR count). The zero-order valence-electron chi connectivity index (χ0n) is 16.7. The molecule has 1 saturated carbocycles. The molecule has 0 unspecified atom stereocenters. The highest BCUT2D eigenvalue weighted by atomic mass is 16.6. The van der Waals surface area contributed by atoms with Gasteiger partial charge in [0, 0.05) is 12.1 Å². The lowest BCUT2D eigenvalue weighted by molar-refractivity contribution is -0.384. The summed E-state index contributed by atoms with van der Waals surface area (Å²) in [7, 11) is 0. The van der Waals surface area contributed by atoms with Crippen LogP contribution >= 0.6 is 0 Å². The zero-order valence-corrected chi connectivity index (χ0v) is 16.7. The van der Waals surface area contributed by atoms with Crippen LogP contribution in [0.1, 0.15) is 42.5 Å². The molecule has 0 atom stereocenters. The van der Waals surface area contributed by atoms with Crippen LogP contribution in [0.5, 0.6) is 5.75 Å². The number of ether oxygens (including phenoxy) is 1. The number of nitro benzene ring substituents is 1. The van der Waals surface area contributed by atoms with E-state index in [4.69, 9.17) is 16.2 Å². The van der Waals surface area contributed by atoms with Crippen molar-refractivity contribution in [1.29, 1.82) is 0 Å². The number of non-ortho nitro benzene ring substituents is 1. The van der Waals surface area contributed by atoms with Crippen LogP contribution in [0.4, 0.5) is 11.4 Å². The maximum absolute atomic E-state index is 13.0. The number of esters is 1.